The van der Waals surface area contributed by atoms with Crippen LogP contribution in [0.3, 0.4) is 0 Å². The Labute approximate surface area is 90.2 Å². The highest BCUT2D eigenvalue weighted by Crippen LogP contribution is 2.28. The van der Waals surface area contributed by atoms with E-state index in [1.165, 1.54) is 11.1 Å². The molecule has 15 heavy (non-hydrogen) atoms. The van der Waals surface area contributed by atoms with E-state index in [0.29, 0.717) is 19.1 Å². The van der Waals surface area contributed by atoms with Crippen LogP contribution in [0.25, 0.3) is 0 Å². The molecular weight excluding hydrogens is 190 g/mol. The molecule has 0 bridgehead atoms. The zero-order valence-corrected chi connectivity index (χ0v) is 8.98. The van der Waals surface area contributed by atoms with Crippen LogP contribution in [0.2, 0.25) is 0 Å². The van der Waals surface area contributed by atoms with Crippen molar-refractivity contribution in [1.82, 2.24) is 0 Å². The van der Waals surface area contributed by atoms with Crippen LogP contribution < -0.4 is 5.73 Å². The highest BCUT2D eigenvalue weighted by Gasteiger charge is 2.16. The maximum Gasteiger partial charge on any atom is 0.293 e. The van der Waals surface area contributed by atoms with Gasteiger partial charge in [0.05, 0.1) is 6.61 Å². The molecular formula is C12H17NO2. The van der Waals surface area contributed by atoms with E-state index >= 15 is 0 Å². The van der Waals surface area contributed by atoms with Crippen LogP contribution in [0, 0.1) is 0 Å². The largest absolute Gasteiger partial charge is 0.468 e. The van der Waals surface area contributed by atoms with E-state index in [4.69, 9.17) is 5.73 Å². The lowest BCUT2D eigenvalue weighted by Crippen LogP contribution is -2.04. The van der Waals surface area contributed by atoms with Gasteiger partial charge in [-0.05, 0) is 30.9 Å². The second-order valence-electron chi connectivity index (χ2n) is 3.40. The monoisotopic (exact) mass is 207 g/mol. The molecule has 2 N–H and O–H groups in total. The summed E-state index contributed by atoms with van der Waals surface area (Å²) in [4.78, 5) is 9.18. The third-order valence-electron chi connectivity index (χ3n) is 2.41. The van der Waals surface area contributed by atoms with E-state index in [2.05, 4.69) is 29.0 Å². The average molecular weight is 207 g/mol. The summed E-state index contributed by atoms with van der Waals surface area (Å²) < 4.78 is 4.15. The Kier molecular flexibility index (Phi) is 4.84. The molecule has 1 aliphatic carbocycles. The Balaban J connectivity index is 0.000000195. The molecule has 1 aromatic carbocycles. The van der Waals surface area contributed by atoms with Crippen molar-refractivity contribution in [2.75, 3.05) is 6.61 Å². The molecule has 0 saturated heterocycles. The molecule has 1 unspecified atom stereocenters. The van der Waals surface area contributed by atoms with Gasteiger partial charge in [-0.2, -0.15) is 0 Å². The molecule has 82 valence electrons. The number of carbonyl (C=O) groups is 1. The predicted molar refractivity (Wildman–Crippen MR) is 59.4 cm³/mol. The summed E-state index contributed by atoms with van der Waals surface area (Å²) in [5.74, 6) is 0. The number of carbonyl (C=O) groups excluding carboxylic acids is 1. The molecule has 0 aliphatic heterocycles. The Bertz CT molecular complexity index is 312. The summed E-state index contributed by atoms with van der Waals surface area (Å²) in [7, 11) is 0. The van der Waals surface area contributed by atoms with Crippen molar-refractivity contribution in [2.24, 2.45) is 5.73 Å². The van der Waals surface area contributed by atoms with Crippen LogP contribution in [0.15, 0.2) is 24.3 Å². The highest BCUT2D eigenvalue weighted by atomic mass is 16.5. The number of fused-ring (bicyclic) bond motifs is 1. The summed E-state index contributed by atoms with van der Waals surface area (Å²) in [6.07, 6.45) is 2.29. The first-order valence-electron chi connectivity index (χ1n) is 5.18. The van der Waals surface area contributed by atoms with Gasteiger partial charge in [0, 0.05) is 6.04 Å². The van der Waals surface area contributed by atoms with E-state index in [-0.39, 0.29) is 0 Å². The predicted octanol–water partition coefficient (Wildman–Crippen LogP) is 1.81. The van der Waals surface area contributed by atoms with Crippen LogP contribution in [0.5, 0.6) is 0 Å². The molecule has 3 nitrogen and oxygen atoms in total. The highest BCUT2D eigenvalue weighted by molar-refractivity contribution is 5.36. The van der Waals surface area contributed by atoms with Crippen molar-refractivity contribution in [3.8, 4) is 0 Å². The van der Waals surface area contributed by atoms with Crippen molar-refractivity contribution < 1.29 is 9.53 Å². The Morgan fingerprint density at radius 1 is 1.53 bits per heavy atom. The van der Waals surface area contributed by atoms with Crippen molar-refractivity contribution in [1.29, 1.82) is 0 Å². The first kappa shape index (κ1) is 11.7. The molecule has 0 fully saturated rings. The van der Waals surface area contributed by atoms with Crippen LogP contribution in [-0.4, -0.2) is 13.1 Å². The van der Waals surface area contributed by atoms with Crippen molar-refractivity contribution >= 4 is 6.47 Å². The number of hydrogen-bond donors (Lipinski definition) is 1. The third kappa shape index (κ3) is 3.36. The van der Waals surface area contributed by atoms with E-state index in [9.17, 15) is 4.79 Å². The van der Waals surface area contributed by atoms with Gasteiger partial charge in [-0.1, -0.05) is 24.3 Å². The zero-order valence-electron chi connectivity index (χ0n) is 8.98. The fourth-order valence-corrected chi connectivity index (χ4v) is 1.66. The second kappa shape index (κ2) is 6.19. The van der Waals surface area contributed by atoms with E-state index < -0.39 is 0 Å². The Morgan fingerprint density at radius 2 is 2.27 bits per heavy atom. The number of rotatable bonds is 2. The van der Waals surface area contributed by atoms with Gasteiger partial charge in [0.1, 0.15) is 0 Å². The standard InChI is InChI=1S/C9H11N.C3H6O2/c10-9-6-5-7-3-1-2-4-8(7)9;1-2-5-3-4/h1-4,9H,5-6,10H2;3H,2H2,1H3. The fourth-order valence-electron chi connectivity index (χ4n) is 1.66. The van der Waals surface area contributed by atoms with Crippen molar-refractivity contribution in [3.63, 3.8) is 0 Å². The van der Waals surface area contributed by atoms with Gasteiger partial charge in [0.25, 0.3) is 6.47 Å². The fraction of sp³-hybridized carbons (Fsp3) is 0.417. The minimum atomic E-state index is 0.302. The molecule has 0 amide bonds. The number of ether oxygens (including phenoxy) is 1. The van der Waals surface area contributed by atoms with Gasteiger partial charge in [-0.3, -0.25) is 4.79 Å². The van der Waals surface area contributed by atoms with Gasteiger partial charge >= 0.3 is 0 Å². The maximum absolute atomic E-state index is 9.18. The number of nitrogens with two attached hydrogens (primary N) is 1. The SMILES string of the molecule is CCOC=O.NC1CCc2ccccc21. The van der Waals surface area contributed by atoms with Crippen LogP contribution in [-0.2, 0) is 16.0 Å². The molecule has 0 heterocycles. The molecule has 1 aliphatic rings. The van der Waals surface area contributed by atoms with Gasteiger partial charge in [-0.25, -0.2) is 0 Å². The molecule has 0 saturated carbocycles. The summed E-state index contributed by atoms with van der Waals surface area (Å²) in [5, 5.41) is 0. The minimum Gasteiger partial charge on any atom is -0.468 e. The third-order valence-corrected chi connectivity index (χ3v) is 2.41. The van der Waals surface area contributed by atoms with E-state index in [1.54, 1.807) is 6.92 Å². The Morgan fingerprint density at radius 3 is 2.80 bits per heavy atom. The molecule has 1 aromatic rings. The first-order valence-corrected chi connectivity index (χ1v) is 5.18. The summed E-state index contributed by atoms with van der Waals surface area (Å²) in [6.45, 7) is 2.66. The minimum absolute atomic E-state index is 0.302. The average Bonchev–Trinajstić information content (AvgIpc) is 2.64. The molecule has 0 aromatic heterocycles. The normalized spacial score (nSPS) is 17.3. The molecule has 3 heteroatoms. The maximum atomic E-state index is 9.18. The lowest BCUT2D eigenvalue weighted by molar-refractivity contribution is -0.128. The second-order valence-corrected chi connectivity index (χ2v) is 3.40. The summed E-state index contributed by atoms with van der Waals surface area (Å²) in [5.41, 5.74) is 8.64. The zero-order chi connectivity index (χ0) is 11.1. The number of hydrogen-bond acceptors (Lipinski definition) is 3. The van der Waals surface area contributed by atoms with Gasteiger partial charge in [0.15, 0.2) is 0 Å². The van der Waals surface area contributed by atoms with Gasteiger partial charge < -0.3 is 10.5 Å². The number of benzene rings is 1. The summed E-state index contributed by atoms with van der Waals surface area (Å²) >= 11 is 0. The quantitative estimate of drug-likeness (QED) is 0.752. The summed E-state index contributed by atoms with van der Waals surface area (Å²) in [6, 6.07) is 8.74. The van der Waals surface area contributed by atoms with E-state index in [1.807, 2.05) is 0 Å². The van der Waals surface area contributed by atoms with E-state index in [0.717, 1.165) is 12.8 Å². The van der Waals surface area contributed by atoms with Crippen LogP contribution >= 0.6 is 0 Å². The Hall–Kier alpha value is -1.35. The van der Waals surface area contributed by atoms with Crippen molar-refractivity contribution in [2.45, 2.75) is 25.8 Å². The smallest absolute Gasteiger partial charge is 0.293 e. The van der Waals surface area contributed by atoms with Gasteiger partial charge in [-0.15, -0.1) is 0 Å². The number of aryl methyl sites for hydroxylation is 1. The topological polar surface area (TPSA) is 52.3 Å². The molecule has 0 spiro atoms. The van der Waals surface area contributed by atoms with Crippen LogP contribution in [0.4, 0.5) is 0 Å². The first-order chi connectivity index (χ1) is 7.29. The van der Waals surface area contributed by atoms with Gasteiger partial charge in [0.2, 0.25) is 0 Å². The lowest BCUT2D eigenvalue weighted by atomic mass is 10.1. The van der Waals surface area contributed by atoms with Crippen LogP contribution in [0.1, 0.15) is 30.5 Å². The molecule has 0 radical (unpaired) electrons. The van der Waals surface area contributed by atoms with Crippen molar-refractivity contribution in [3.05, 3.63) is 35.4 Å². The molecule has 2 rings (SSSR count). The molecule has 1 atom stereocenters. The lowest BCUT2D eigenvalue weighted by Gasteiger charge is -2.01.